The molecule has 2 aromatic carbocycles. The highest BCUT2D eigenvalue weighted by Crippen LogP contribution is 2.25. The third-order valence-corrected chi connectivity index (χ3v) is 7.90. The molecule has 0 aliphatic carbocycles. The van der Waals surface area contributed by atoms with Crippen molar-refractivity contribution < 1.29 is 13.2 Å². The molecule has 176 valence electrons. The zero-order valence-corrected chi connectivity index (χ0v) is 19.6. The van der Waals surface area contributed by atoms with Crippen molar-refractivity contribution in [2.75, 3.05) is 18.4 Å². The Bertz CT molecular complexity index is 1390. The molecule has 4 aromatic rings. The number of para-hydroxylation sites is 2. The lowest BCUT2D eigenvalue weighted by molar-refractivity contribution is -0.120. The number of rotatable bonds is 6. The predicted octanol–water partition coefficient (Wildman–Crippen LogP) is 3.49. The minimum absolute atomic E-state index is 0.0246. The van der Waals surface area contributed by atoms with Crippen LogP contribution >= 0.6 is 0 Å². The van der Waals surface area contributed by atoms with Gasteiger partial charge in [-0.3, -0.25) is 4.79 Å². The van der Waals surface area contributed by atoms with Gasteiger partial charge in [-0.1, -0.05) is 12.1 Å². The van der Waals surface area contributed by atoms with E-state index in [0.29, 0.717) is 31.6 Å². The first-order valence-corrected chi connectivity index (χ1v) is 12.8. The van der Waals surface area contributed by atoms with Crippen molar-refractivity contribution in [1.82, 2.24) is 23.8 Å². The molecule has 0 spiro atoms. The van der Waals surface area contributed by atoms with E-state index in [1.54, 1.807) is 4.57 Å². The van der Waals surface area contributed by atoms with Crippen molar-refractivity contribution in [3.05, 3.63) is 61.1 Å². The molecule has 0 unspecified atom stereocenters. The van der Waals surface area contributed by atoms with Gasteiger partial charge in [-0.15, -0.1) is 0 Å². The molecule has 0 saturated carbocycles. The van der Waals surface area contributed by atoms with Crippen LogP contribution in [-0.2, 0) is 21.4 Å². The van der Waals surface area contributed by atoms with E-state index in [-0.39, 0.29) is 17.5 Å². The fraction of sp³-hybridized carbons (Fsp3) is 0.292. The summed E-state index contributed by atoms with van der Waals surface area (Å²) in [6, 6.07) is 15.3. The average Bonchev–Trinajstić information content (AvgIpc) is 3.52. The number of H-pyrrole nitrogens is 1. The molecule has 1 atom stereocenters. The predicted molar refractivity (Wildman–Crippen MR) is 130 cm³/mol. The topological polar surface area (TPSA) is 113 Å². The molecule has 3 heterocycles. The van der Waals surface area contributed by atoms with E-state index in [1.165, 1.54) is 16.8 Å². The highest BCUT2D eigenvalue weighted by atomic mass is 32.2. The van der Waals surface area contributed by atoms with Crippen molar-refractivity contribution >= 4 is 32.7 Å². The van der Waals surface area contributed by atoms with E-state index in [4.69, 9.17) is 0 Å². The van der Waals surface area contributed by atoms with Crippen LogP contribution in [0.4, 0.5) is 5.69 Å². The minimum atomic E-state index is -3.73. The number of nitrogens with zero attached hydrogens (tertiary/aromatic N) is 4. The molecule has 2 aromatic heterocycles. The van der Waals surface area contributed by atoms with Crippen molar-refractivity contribution in [2.24, 2.45) is 5.92 Å². The summed E-state index contributed by atoms with van der Waals surface area (Å²) in [7, 11) is -3.73. The second-order valence-electron chi connectivity index (χ2n) is 8.41. The molecule has 2 N–H and O–H groups in total. The Labute approximate surface area is 197 Å². The number of nitrogens with one attached hydrogen (secondary N) is 2. The van der Waals surface area contributed by atoms with Crippen LogP contribution in [0, 0.1) is 5.92 Å². The van der Waals surface area contributed by atoms with Gasteiger partial charge in [0.25, 0.3) is 10.0 Å². The van der Waals surface area contributed by atoms with Crippen LogP contribution in [-0.4, -0.2) is 51.2 Å². The van der Waals surface area contributed by atoms with Gasteiger partial charge in [-0.05, 0) is 56.2 Å². The second-order valence-corrected chi connectivity index (χ2v) is 10.3. The quantitative estimate of drug-likeness (QED) is 0.441. The number of fused-ring (bicyclic) bond motifs is 1. The molecule has 5 rings (SSSR count). The van der Waals surface area contributed by atoms with Crippen molar-refractivity contribution in [3.63, 3.8) is 0 Å². The van der Waals surface area contributed by atoms with Gasteiger partial charge in [-0.25, -0.2) is 18.4 Å². The lowest BCUT2D eigenvalue weighted by Crippen LogP contribution is -2.43. The van der Waals surface area contributed by atoms with Crippen molar-refractivity contribution in [1.29, 1.82) is 0 Å². The van der Waals surface area contributed by atoms with Gasteiger partial charge in [0.2, 0.25) is 5.91 Å². The SMILES string of the molecule is CCn1cnc(S(=O)(=O)N2CCC[C@H](C(=O)Nc3ccc(-c4nc5ccccc5[nH]4)cc3)C2)c1. The van der Waals surface area contributed by atoms with Crippen LogP contribution in [0.25, 0.3) is 22.4 Å². The molecule has 1 aliphatic heterocycles. The fourth-order valence-corrected chi connectivity index (χ4v) is 5.66. The number of aromatic amines is 1. The Morgan fingerprint density at radius 3 is 2.71 bits per heavy atom. The summed E-state index contributed by atoms with van der Waals surface area (Å²) in [6.45, 7) is 3.09. The summed E-state index contributed by atoms with van der Waals surface area (Å²) < 4.78 is 29.1. The van der Waals surface area contributed by atoms with Crippen molar-refractivity contribution in [3.8, 4) is 11.4 Å². The Morgan fingerprint density at radius 2 is 1.97 bits per heavy atom. The maximum atomic E-state index is 13.0. The molecular weight excluding hydrogens is 452 g/mol. The van der Waals surface area contributed by atoms with E-state index in [0.717, 1.165) is 22.4 Å². The van der Waals surface area contributed by atoms with Gasteiger partial charge in [0.1, 0.15) is 5.82 Å². The summed E-state index contributed by atoms with van der Waals surface area (Å²) in [4.78, 5) is 24.9. The van der Waals surface area contributed by atoms with Crippen LogP contribution in [0.2, 0.25) is 0 Å². The second kappa shape index (κ2) is 9.03. The van der Waals surface area contributed by atoms with Gasteiger partial charge < -0.3 is 14.9 Å². The smallest absolute Gasteiger partial charge is 0.262 e. The highest BCUT2D eigenvalue weighted by Gasteiger charge is 2.34. The maximum Gasteiger partial charge on any atom is 0.262 e. The molecule has 1 aliphatic rings. The van der Waals surface area contributed by atoms with Crippen LogP contribution in [0.1, 0.15) is 19.8 Å². The number of hydrogen-bond acceptors (Lipinski definition) is 5. The Morgan fingerprint density at radius 1 is 1.18 bits per heavy atom. The number of imidazole rings is 2. The van der Waals surface area contributed by atoms with Crippen LogP contribution in [0.5, 0.6) is 0 Å². The molecule has 34 heavy (non-hydrogen) atoms. The Balaban J connectivity index is 1.25. The Hall–Kier alpha value is -3.50. The normalized spacial score (nSPS) is 17.1. The third kappa shape index (κ3) is 4.34. The van der Waals surface area contributed by atoms with E-state index in [2.05, 4.69) is 20.3 Å². The molecule has 1 fully saturated rings. The van der Waals surface area contributed by atoms with E-state index in [9.17, 15) is 13.2 Å². The molecule has 9 nitrogen and oxygen atoms in total. The van der Waals surface area contributed by atoms with Crippen LogP contribution < -0.4 is 5.32 Å². The van der Waals surface area contributed by atoms with Gasteiger partial charge >= 0.3 is 0 Å². The first kappa shape index (κ1) is 22.3. The summed E-state index contributed by atoms with van der Waals surface area (Å²) in [6.07, 6.45) is 4.30. The lowest BCUT2D eigenvalue weighted by Gasteiger charge is -2.30. The van der Waals surface area contributed by atoms with Gasteiger partial charge in [0.15, 0.2) is 5.03 Å². The number of anilines is 1. The van der Waals surface area contributed by atoms with Gasteiger partial charge in [0, 0.05) is 37.1 Å². The first-order valence-electron chi connectivity index (χ1n) is 11.3. The van der Waals surface area contributed by atoms with Gasteiger partial charge in [0.05, 0.1) is 23.3 Å². The maximum absolute atomic E-state index is 13.0. The van der Waals surface area contributed by atoms with E-state index >= 15 is 0 Å². The van der Waals surface area contributed by atoms with E-state index < -0.39 is 15.9 Å². The monoisotopic (exact) mass is 478 g/mol. The molecular formula is C24H26N6O3S. The van der Waals surface area contributed by atoms with Crippen molar-refractivity contribution in [2.45, 2.75) is 31.3 Å². The fourth-order valence-electron chi connectivity index (χ4n) is 4.20. The Kier molecular flexibility index (Phi) is 5.93. The summed E-state index contributed by atoms with van der Waals surface area (Å²) in [5.74, 6) is 0.153. The first-order chi connectivity index (χ1) is 16.4. The minimum Gasteiger partial charge on any atom is -0.338 e. The molecule has 0 bridgehead atoms. The standard InChI is InChI=1S/C24H26N6O3S/c1-2-29-15-22(25-16-29)34(32,33)30-13-5-6-18(14-30)24(31)26-19-11-9-17(10-12-19)23-27-20-7-3-4-8-21(20)28-23/h3-4,7-12,15-16,18H,2,5-6,13-14H2,1H3,(H,26,31)(H,27,28)/t18-/m0/s1. The molecule has 10 heteroatoms. The molecule has 0 radical (unpaired) electrons. The number of carbonyl (C=O) groups excluding carboxylic acids is 1. The van der Waals surface area contributed by atoms with Crippen LogP contribution in [0.3, 0.4) is 0 Å². The molecule has 1 amide bonds. The summed E-state index contributed by atoms with van der Waals surface area (Å²) in [5, 5.41) is 2.96. The zero-order valence-electron chi connectivity index (χ0n) is 18.8. The van der Waals surface area contributed by atoms with Crippen LogP contribution in [0.15, 0.2) is 66.1 Å². The number of sulfonamides is 1. The zero-order chi connectivity index (χ0) is 23.7. The summed E-state index contributed by atoms with van der Waals surface area (Å²) in [5.41, 5.74) is 3.43. The number of aromatic nitrogens is 4. The number of piperidine rings is 1. The largest absolute Gasteiger partial charge is 0.338 e. The number of carbonyl (C=O) groups is 1. The number of benzene rings is 2. The number of hydrogen-bond donors (Lipinski definition) is 2. The number of aryl methyl sites for hydroxylation is 1. The molecule has 1 saturated heterocycles. The lowest BCUT2D eigenvalue weighted by atomic mass is 9.98. The average molecular weight is 479 g/mol. The van der Waals surface area contributed by atoms with Gasteiger partial charge in [-0.2, -0.15) is 4.31 Å². The summed E-state index contributed by atoms with van der Waals surface area (Å²) >= 11 is 0. The number of amides is 1. The highest BCUT2D eigenvalue weighted by molar-refractivity contribution is 7.89. The third-order valence-electron chi connectivity index (χ3n) is 6.15. The van der Waals surface area contributed by atoms with E-state index in [1.807, 2.05) is 55.5 Å².